The Balaban J connectivity index is 2.11. The number of aromatic nitrogens is 1. The van der Waals surface area contributed by atoms with Crippen molar-refractivity contribution in [3.8, 4) is 6.08 Å². The lowest BCUT2D eigenvalue weighted by molar-refractivity contribution is 0.0724. The molecule has 0 atom stereocenters. The zero-order valence-electron chi connectivity index (χ0n) is 12.9. The summed E-state index contributed by atoms with van der Waals surface area (Å²) in [5, 5.41) is 3.33. The Bertz CT molecular complexity index is 360. The van der Waals surface area contributed by atoms with E-state index < -0.39 is 0 Å². The fourth-order valence-corrected chi connectivity index (χ4v) is 1.39. The fourth-order valence-electron chi connectivity index (χ4n) is 1.39. The summed E-state index contributed by atoms with van der Waals surface area (Å²) in [7, 11) is 1.68. The minimum Gasteiger partial charge on any atom is -0.448 e. The Morgan fingerprint density at radius 3 is 2.70 bits per heavy atom. The zero-order valence-corrected chi connectivity index (χ0v) is 12.9. The summed E-state index contributed by atoms with van der Waals surface area (Å²) < 4.78 is 20.9. The molecule has 0 aromatic carbocycles. The molecule has 0 aliphatic heterocycles. The third-order valence-electron chi connectivity index (χ3n) is 2.42. The molecule has 1 aromatic heterocycles. The van der Waals surface area contributed by atoms with E-state index in [0.29, 0.717) is 33.0 Å². The van der Waals surface area contributed by atoms with E-state index in [9.17, 15) is 0 Å². The number of nitrogens with zero attached hydrogens (tertiary/aromatic N) is 1. The minimum absolute atomic E-state index is 0.0516. The van der Waals surface area contributed by atoms with Crippen molar-refractivity contribution in [3.63, 3.8) is 0 Å². The highest BCUT2D eigenvalue weighted by molar-refractivity contribution is 5.00. The molecule has 0 bridgehead atoms. The average molecular weight is 286 g/mol. The second kappa shape index (κ2) is 8.94. The average Bonchev–Trinajstić information content (AvgIpc) is 2.82. The van der Waals surface area contributed by atoms with Gasteiger partial charge in [-0.1, -0.05) is 0 Å². The number of hydrogen-bond acceptors (Lipinski definition) is 6. The van der Waals surface area contributed by atoms with Crippen LogP contribution in [0.1, 0.15) is 32.9 Å². The second-order valence-corrected chi connectivity index (χ2v) is 5.52. The van der Waals surface area contributed by atoms with Crippen LogP contribution in [0, 0.1) is 0 Å². The summed E-state index contributed by atoms with van der Waals surface area (Å²) in [6.45, 7) is 9.29. The van der Waals surface area contributed by atoms with Crippen molar-refractivity contribution < 1.29 is 18.6 Å². The molecular weight excluding hydrogens is 260 g/mol. The summed E-state index contributed by atoms with van der Waals surface area (Å²) in [5.41, 5.74) is 0.881. The largest absolute Gasteiger partial charge is 0.448 e. The molecule has 6 nitrogen and oxygen atoms in total. The van der Waals surface area contributed by atoms with E-state index in [1.165, 1.54) is 0 Å². The number of hydrogen-bond donors (Lipinski definition) is 1. The van der Waals surface area contributed by atoms with E-state index in [2.05, 4.69) is 31.1 Å². The molecule has 0 spiro atoms. The molecule has 0 fully saturated rings. The summed E-state index contributed by atoms with van der Waals surface area (Å²) in [5.74, 6) is 0. The van der Waals surface area contributed by atoms with Crippen molar-refractivity contribution in [2.24, 2.45) is 0 Å². The molecule has 0 unspecified atom stereocenters. The van der Waals surface area contributed by atoms with E-state index in [0.717, 1.165) is 12.1 Å². The normalized spacial score (nSPS) is 11.8. The van der Waals surface area contributed by atoms with E-state index in [1.807, 2.05) is 0 Å². The summed E-state index contributed by atoms with van der Waals surface area (Å²) in [4.78, 5) is 4.23. The van der Waals surface area contributed by atoms with Crippen LogP contribution in [-0.2, 0) is 16.0 Å². The molecule has 6 heteroatoms. The second-order valence-electron chi connectivity index (χ2n) is 5.52. The van der Waals surface area contributed by atoms with Crippen LogP contribution in [0.2, 0.25) is 0 Å². The van der Waals surface area contributed by atoms with Gasteiger partial charge in [-0.2, -0.15) is 4.98 Å². The summed E-state index contributed by atoms with van der Waals surface area (Å²) in [6, 6.07) is 0. The topological polar surface area (TPSA) is 65.8 Å². The Morgan fingerprint density at radius 1 is 1.20 bits per heavy atom. The summed E-state index contributed by atoms with van der Waals surface area (Å²) >= 11 is 0. The van der Waals surface area contributed by atoms with Gasteiger partial charge in [-0.3, -0.25) is 0 Å². The van der Waals surface area contributed by atoms with Crippen LogP contribution in [0.25, 0.3) is 0 Å². The van der Waals surface area contributed by atoms with Crippen LogP contribution in [0.5, 0.6) is 6.08 Å². The van der Waals surface area contributed by atoms with Gasteiger partial charge in [0.1, 0.15) is 12.9 Å². The van der Waals surface area contributed by atoms with Gasteiger partial charge in [0.2, 0.25) is 0 Å². The first-order chi connectivity index (χ1) is 9.51. The van der Waals surface area contributed by atoms with Crippen LogP contribution in [0.3, 0.4) is 0 Å². The lowest BCUT2D eigenvalue weighted by atomic mass is 10.1. The van der Waals surface area contributed by atoms with Crippen molar-refractivity contribution in [1.29, 1.82) is 0 Å². The van der Waals surface area contributed by atoms with Gasteiger partial charge in [-0.15, -0.1) is 0 Å². The van der Waals surface area contributed by atoms with E-state index >= 15 is 0 Å². The lowest BCUT2D eigenvalue weighted by Gasteiger charge is -2.19. The molecular formula is C14H26N2O4. The van der Waals surface area contributed by atoms with Gasteiger partial charge < -0.3 is 23.9 Å². The number of ether oxygens (including phenoxy) is 3. The Hall–Kier alpha value is -1.11. The quantitative estimate of drug-likeness (QED) is 0.664. The van der Waals surface area contributed by atoms with Crippen molar-refractivity contribution in [2.45, 2.75) is 39.3 Å². The van der Waals surface area contributed by atoms with Crippen LogP contribution in [-0.4, -0.2) is 44.1 Å². The van der Waals surface area contributed by atoms with E-state index in [4.69, 9.17) is 18.6 Å². The van der Waals surface area contributed by atoms with Crippen LogP contribution >= 0.6 is 0 Å². The molecule has 0 saturated heterocycles. The van der Waals surface area contributed by atoms with Gasteiger partial charge in [0, 0.05) is 32.4 Å². The predicted molar refractivity (Wildman–Crippen MR) is 75.9 cm³/mol. The molecule has 1 heterocycles. The Kier molecular flexibility index (Phi) is 7.58. The van der Waals surface area contributed by atoms with Crippen molar-refractivity contribution in [1.82, 2.24) is 10.3 Å². The van der Waals surface area contributed by atoms with Gasteiger partial charge in [-0.25, -0.2) is 0 Å². The highest BCUT2D eigenvalue weighted by Gasteiger charge is 2.11. The molecule has 1 rings (SSSR count). The molecule has 20 heavy (non-hydrogen) atoms. The monoisotopic (exact) mass is 286 g/mol. The number of oxazole rings is 1. The zero-order chi connectivity index (χ0) is 14.8. The van der Waals surface area contributed by atoms with Gasteiger partial charge in [-0.05, 0) is 27.2 Å². The van der Waals surface area contributed by atoms with Gasteiger partial charge >= 0.3 is 6.08 Å². The maximum Gasteiger partial charge on any atom is 0.393 e. The van der Waals surface area contributed by atoms with Gasteiger partial charge in [0.25, 0.3) is 0 Å². The summed E-state index contributed by atoms with van der Waals surface area (Å²) in [6.07, 6.45) is 2.78. The smallest absolute Gasteiger partial charge is 0.393 e. The molecule has 0 radical (unpaired) electrons. The number of methoxy groups -OCH3 is 1. The number of rotatable bonds is 10. The third-order valence-corrected chi connectivity index (χ3v) is 2.42. The Labute approximate surface area is 120 Å². The highest BCUT2D eigenvalue weighted by Crippen LogP contribution is 2.11. The van der Waals surface area contributed by atoms with Crippen molar-refractivity contribution in [2.75, 3.05) is 33.5 Å². The molecule has 1 aromatic rings. The molecule has 0 aliphatic rings. The van der Waals surface area contributed by atoms with Gasteiger partial charge in [0.05, 0.1) is 12.3 Å². The van der Waals surface area contributed by atoms with Gasteiger partial charge in [0.15, 0.2) is 0 Å². The first kappa shape index (κ1) is 16.9. The van der Waals surface area contributed by atoms with Crippen LogP contribution in [0.15, 0.2) is 10.7 Å². The molecule has 0 aliphatic carbocycles. The maximum absolute atomic E-state index is 5.37. The van der Waals surface area contributed by atoms with E-state index in [1.54, 1.807) is 13.4 Å². The Morgan fingerprint density at radius 2 is 2.00 bits per heavy atom. The van der Waals surface area contributed by atoms with Crippen LogP contribution < -0.4 is 10.1 Å². The first-order valence-corrected chi connectivity index (χ1v) is 6.90. The lowest BCUT2D eigenvalue weighted by Crippen LogP contribution is -2.35. The SMILES string of the molecule is COCCCOCCOc1nc(CNC(C)(C)C)co1. The number of nitrogens with one attached hydrogen (secondary N) is 1. The molecule has 116 valence electrons. The molecule has 1 N–H and O–H groups in total. The molecule has 0 amide bonds. The van der Waals surface area contributed by atoms with Crippen molar-refractivity contribution >= 4 is 0 Å². The van der Waals surface area contributed by atoms with Crippen LogP contribution in [0.4, 0.5) is 0 Å². The first-order valence-electron chi connectivity index (χ1n) is 6.90. The van der Waals surface area contributed by atoms with E-state index in [-0.39, 0.29) is 11.6 Å². The molecule has 0 saturated carbocycles. The predicted octanol–water partition coefficient (Wildman–Crippen LogP) is 1.99. The fraction of sp³-hybridized carbons (Fsp3) is 0.786. The highest BCUT2D eigenvalue weighted by atomic mass is 16.6. The standard InChI is InChI=1S/C14H26N2O4/c1-14(2,3)15-10-12-11-20-13(16-12)19-9-8-18-7-5-6-17-4/h11,15H,5-10H2,1-4H3. The maximum atomic E-state index is 5.37. The third kappa shape index (κ3) is 8.14. The van der Waals surface area contributed by atoms with Crippen molar-refractivity contribution in [3.05, 3.63) is 12.0 Å². The minimum atomic E-state index is 0.0516.